The van der Waals surface area contributed by atoms with Gasteiger partial charge in [-0.2, -0.15) is 0 Å². The molecule has 1 aromatic carbocycles. The number of fused-ring (bicyclic) bond motifs is 1. The second-order valence-electron chi connectivity index (χ2n) is 4.72. The zero-order valence-electron chi connectivity index (χ0n) is 11.6. The Hall–Kier alpha value is -1.43. The van der Waals surface area contributed by atoms with Crippen LogP contribution in [0.15, 0.2) is 21.6 Å². The Balaban J connectivity index is 2.20. The quantitative estimate of drug-likeness (QED) is 0.616. The highest BCUT2D eigenvalue weighted by Crippen LogP contribution is 2.40. The molecule has 0 radical (unpaired) electrons. The molecule has 0 aromatic heterocycles. The lowest BCUT2D eigenvalue weighted by molar-refractivity contribution is 0.173. The van der Waals surface area contributed by atoms with Crippen molar-refractivity contribution in [2.45, 2.75) is 6.54 Å². The van der Waals surface area contributed by atoms with Crippen LogP contribution in [0.25, 0.3) is 0 Å². The van der Waals surface area contributed by atoms with E-state index < -0.39 is 0 Å². The topological polar surface area (TPSA) is 37.3 Å². The van der Waals surface area contributed by atoms with Gasteiger partial charge in [-0.1, -0.05) is 0 Å². The summed E-state index contributed by atoms with van der Waals surface area (Å²) in [5.41, 5.74) is 1.08. The van der Waals surface area contributed by atoms with Crippen molar-refractivity contribution in [3.05, 3.63) is 22.2 Å². The highest BCUT2D eigenvalue weighted by Gasteiger charge is 2.17. The molecule has 0 spiro atoms. The third-order valence-corrected chi connectivity index (χ3v) is 3.28. The molecule has 0 aliphatic carbocycles. The van der Waals surface area contributed by atoms with Gasteiger partial charge >= 0.3 is 0 Å². The highest BCUT2D eigenvalue weighted by atomic mass is 79.9. The summed E-state index contributed by atoms with van der Waals surface area (Å²) in [6.07, 6.45) is 0. The summed E-state index contributed by atoms with van der Waals surface area (Å²) in [5, 5.41) is 0. The molecule has 1 aliphatic heterocycles. The maximum atomic E-state index is 5.40. The van der Waals surface area contributed by atoms with E-state index in [9.17, 15) is 0 Å². The number of guanidine groups is 1. The van der Waals surface area contributed by atoms with Crippen LogP contribution in [-0.4, -0.2) is 50.7 Å². The van der Waals surface area contributed by atoms with E-state index in [1.807, 2.05) is 50.1 Å². The van der Waals surface area contributed by atoms with Gasteiger partial charge in [0.25, 0.3) is 0 Å². The van der Waals surface area contributed by atoms with E-state index in [4.69, 9.17) is 9.47 Å². The minimum atomic E-state index is 0.279. The maximum Gasteiger partial charge on any atom is 0.231 e. The number of nitrogens with zero attached hydrogens (tertiary/aromatic N) is 3. The summed E-state index contributed by atoms with van der Waals surface area (Å²) in [7, 11) is 7.92. The molecule has 0 N–H and O–H groups in total. The molecular weight excluding hydrogens is 310 g/mol. The first-order valence-electron chi connectivity index (χ1n) is 5.96. The van der Waals surface area contributed by atoms with Gasteiger partial charge in [0, 0.05) is 28.2 Å². The number of benzene rings is 1. The summed E-state index contributed by atoms with van der Waals surface area (Å²) >= 11 is 3.49. The fraction of sp³-hybridized carbons (Fsp3) is 0.462. The SMILES string of the molecule is CN(C)C(=NCc1cc(Br)c2c(c1)OCO2)N(C)C. The third kappa shape index (κ3) is 3.12. The van der Waals surface area contributed by atoms with Gasteiger partial charge in [0.15, 0.2) is 17.5 Å². The zero-order chi connectivity index (χ0) is 14.0. The fourth-order valence-electron chi connectivity index (χ4n) is 1.96. The van der Waals surface area contributed by atoms with Crippen LogP contribution in [0.5, 0.6) is 11.5 Å². The molecule has 0 saturated heterocycles. The normalized spacial score (nSPS) is 12.3. The number of halogens is 1. The molecule has 0 fully saturated rings. The van der Waals surface area contributed by atoms with Crippen molar-refractivity contribution in [1.29, 1.82) is 0 Å². The Labute approximate surface area is 121 Å². The molecule has 0 atom stereocenters. The Bertz CT molecular complexity index is 491. The van der Waals surface area contributed by atoms with Crippen molar-refractivity contribution in [2.75, 3.05) is 35.0 Å². The summed E-state index contributed by atoms with van der Waals surface area (Å²) in [6, 6.07) is 3.99. The molecule has 1 aromatic rings. The van der Waals surface area contributed by atoms with Crippen LogP contribution in [0, 0.1) is 0 Å². The monoisotopic (exact) mass is 327 g/mol. The summed E-state index contributed by atoms with van der Waals surface area (Å²) in [5.74, 6) is 2.47. The number of hydrogen-bond acceptors (Lipinski definition) is 3. The molecule has 19 heavy (non-hydrogen) atoms. The van der Waals surface area contributed by atoms with E-state index >= 15 is 0 Å². The number of rotatable bonds is 2. The smallest absolute Gasteiger partial charge is 0.231 e. The van der Waals surface area contributed by atoms with Crippen molar-refractivity contribution < 1.29 is 9.47 Å². The molecular formula is C13H18BrN3O2. The second kappa shape index (κ2) is 5.69. The number of hydrogen-bond donors (Lipinski definition) is 0. The lowest BCUT2D eigenvalue weighted by atomic mass is 10.2. The molecule has 5 nitrogen and oxygen atoms in total. The van der Waals surface area contributed by atoms with Gasteiger partial charge in [0.05, 0.1) is 11.0 Å². The molecule has 1 heterocycles. The molecule has 0 bridgehead atoms. The maximum absolute atomic E-state index is 5.40. The second-order valence-corrected chi connectivity index (χ2v) is 5.57. The zero-order valence-corrected chi connectivity index (χ0v) is 13.2. The van der Waals surface area contributed by atoms with Crippen LogP contribution in [-0.2, 0) is 6.54 Å². The van der Waals surface area contributed by atoms with Crippen LogP contribution in [0.1, 0.15) is 5.56 Å². The predicted molar refractivity (Wildman–Crippen MR) is 78.8 cm³/mol. The summed E-state index contributed by atoms with van der Waals surface area (Å²) in [4.78, 5) is 8.59. The van der Waals surface area contributed by atoms with Gasteiger partial charge in [-0.15, -0.1) is 0 Å². The van der Waals surface area contributed by atoms with Gasteiger partial charge in [-0.3, -0.25) is 0 Å². The van der Waals surface area contributed by atoms with E-state index in [-0.39, 0.29) is 6.79 Å². The first kappa shape index (κ1) is 14.0. The van der Waals surface area contributed by atoms with Gasteiger partial charge < -0.3 is 19.3 Å². The van der Waals surface area contributed by atoms with Crippen molar-refractivity contribution in [3.8, 4) is 11.5 Å². The molecule has 104 valence electrons. The van der Waals surface area contributed by atoms with Crippen molar-refractivity contribution >= 4 is 21.9 Å². The van der Waals surface area contributed by atoms with Crippen LogP contribution in [0.3, 0.4) is 0 Å². The van der Waals surface area contributed by atoms with E-state index in [0.29, 0.717) is 6.54 Å². The Morgan fingerprint density at radius 3 is 2.53 bits per heavy atom. The summed E-state index contributed by atoms with van der Waals surface area (Å²) < 4.78 is 11.7. The number of ether oxygens (including phenoxy) is 2. The Kier molecular flexibility index (Phi) is 4.19. The van der Waals surface area contributed by atoms with E-state index in [0.717, 1.165) is 27.5 Å². The molecule has 0 unspecified atom stereocenters. The van der Waals surface area contributed by atoms with Gasteiger partial charge in [0.1, 0.15) is 0 Å². The molecule has 2 rings (SSSR count). The van der Waals surface area contributed by atoms with Gasteiger partial charge in [-0.05, 0) is 33.6 Å². The molecule has 1 aliphatic rings. The molecule has 0 saturated carbocycles. The Morgan fingerprint density at radius 2 is 1.89 bits per heavy atom. The van der Waals surface area contributed by atoms with Crippen molar-refractivity contribution in [3.63, 3.8) is 0 Å². The molecule has 6 heteroatoms. The van der Waals surface area contributed by atoms with Crippen molar-refractivity contribution in [1.82, 2.24) is 9.80 Å². The van der Waals surface area contributed by atoms with Gasteiger partial charge in [-0.25, -0.2) is 4.99 Å². The fourth-order valence-corrected chi connectivity index (χ4v) is 2.56. The lowest BCUT2D eigenvalue weighted by Crippen LogP contribution is -2.35. The van der Waals surface area contributed by atoms with E-state index in [2.05, 4.69) is 20.9 Å². The largest absolute Gasteiger partial charge is 0.454 e. The van der Waals surface area contributed by atoms with E-state index in [1.54, 1.807) is 0 Å². The highest BCUT2D eigenvalue weighted by molar-refractivity contribution is 9.10. The Morgan fingerprint density at radius 1 is 1.21 bits per heavy atom. The predicted octanol–water partition coefficient (Wildman–Crippen LogP) is 2.16. The first-order valence-corrected chi connectivity index (χ1v) is 6.75. The number of aliphatic imine (C=N–C) groups is 1. The third-order valence-electron chi connectivity index (χ3n) is 2.69. The molecule has 0 amide bonds. The standard InChI is InChI=1S/C13H18BrN3O2/c1-16(2)13(17(3)4)15-7-9-5-10(14)12-11(6-9)18-8-19-12/h5-6H,7-8H2,1-4H3. The van der Waals surface area contributed by atoms with E-state index in [1.165, 1.54) is 0 Å². The first-order chi connectivity index (χ1) is 8.99. The minimum Gasteiger partial charge on any atom is -0.454 e. The van der Waals surface area contributed by atoms with Crippen LogP contribution in [0.2, 0.25) is 0 Å². The summed E-state index contributed by atoms with van der Waals surface area (Å²) in [6.45, 7) is 0.877. The minimum absolute atomic E-state index is 0.279. The van der Waals surface area contributed by atoms with Gasteiger partial charge in [0.2, 0.25) is 6.79 Å². The van der Waals surface area contributed by atoms with Crippen molar-refractivity contribution in [2.24, 2.45) is 4.99 Å². The van der Waals surface area contributed by atoms with Crippen LogP contribution < -0.4 is 9.47 Å². The average Bonchev–Trinajstić information content (AvgIpc) is 2.76. The lowest BCUT2D eigenvalue weighted by Gasteiger charge is -2.22. The average molecular weight is 328 g/mol. The van der Waals surface area contributed by atoms with Crippen LogP contribution in [0.4, 0.5) is 0 Å². The van der Waals surface area contributed by atoms with Crippen LogP contribution >= 0.6 is 15.9 Å².